The quantitative estimate of drug-likeness (QED) is 0.0589. The maximum Gasteiger partial charge on any atom is 0.343 e. The predicted octanol–water partition coefficient (Wildman–Crippen LogP) is 5.61. The highest BCUT2D eigenvalue weighted by atomic mass is 16.6. The number of esters is 1. The molecule has 0 bridgehead atoms. The van der Waals surface area contributed by atoms with Crippen LogP contribution in [0.1, 0.15) is 121 Å². The molecule has 0 radical (unpaired) electrons. The number of carbonyl (C=O) groups excluding carboxylic acids is 4. The van der Waals surface area contributed by atoms with Crippen molar-refractivity contribution < 1.29 is 57.8 Å². The van der Waals surface area contributed by atoms with Crippen LogP contribution in [0, 0.1) is 34.5 Å². The maximum atomic E-state index is 13.5. The number of pyridine rings is 2. The molecule has 4 fully saturated rings. The number of cyclic esters (lactones) is 1. The number of hydrogen-bond acceptors (Lipinski definition) is 14. The number of aromatic hydroxyl groups is 1. The second-order valence-corrected chi connectivity index (χ2v) is 20.9. The van der Waals surface area contributed by atoms with Crippen LogP contribution in [0.3, 0.4) is 0 Å². The molecule has 71 heavy (non-hydrogen) atoms. The van der Waals surface area contributed by atoms with E-state index in [4.69, 9.17) is 33.4 Å². The number of rotatable bonds is 21. The van der Waals surface area contributed by atoms with Crippen molar-refractivity contribution in [3.63, 3.8) is 0 Å². The van der Waals surface area contributed by atoms with Crippen molar-refractivity contribution in [2.24, 2.45) is 34.5 Å². The number of hydrogen-bond donors (Lipinski definition) is 4. The molecule has 8 atom stereocenters. The molecule has 17 nitrogen and oxygen atoms in total. The van der Waals surface area contributed by atoms with Gasteiger partial charge in [0.05, 0.1) is 88.0 Å². The lowest BCUT2D eigenvalue weighted by atomic mass is 9.45. The fraction of sp³-hybridized carbons (Fsp3) is 0.667. The molecule has 2 aromatic heterocycles. The van der Waals surface area contributed by atoms with Crippen molar-refractivity contribution in [2.45, 2.75) is 130 Å². The molecule has 4 aliphatic carbocycles. The first-order chi connectivity index (χ1) is 33.7. The zero-order valence-corrected chi connectivity index (χ0v) is 40.9. The fourth-order valence-corrected chi connectivity index (χ4v) is 13.2. The number of ketones is 1. The van der Waals surface area contributed by atoms with Crippen molar-refractivity contribution in [1.29, 1.82) is 0 Å². The lowest BCUT2D eigenvalue weighted by Crippen LogP contribution is -2.54. The van der Waals surface area contributed by atoms with Gasteiger partial charge in [0.15, 0.2) is 5.60 Å². The van der Waals surface area contributed by atoms with Gasteiger partial charge in [-0.3, -0.25) is 19.2 Å². The highest BCUT2D eigenvalue weighted by Crippen LogP contribution is 2.66. The average molecular weight is 987 g/mol. The molecule has 3 aromatic rings. The molecule has 9 rings (SSSR count). The number of phenols is 1. The van der Waals surface area contributed by atoms with Gasteiger partial charge < -0.3 is 53.8 Å². The van der Waals surface area contributed by atoms with Crippen molar-refractivity contribution in [3.05, 3.63) is 56.9 Å². The Morgan fingerprint density at radius 1 is 0.859 bits per heavy atom. The van der Waals surface area contributed by atoms with Crippen LogP contribution in [0.25, 0.3) is 22.3 Å². The third-order valence-electron chi connectivity index (χ3n) is 17.2. The first-order valence-electron chi connectivity index (χ1n) is 25.5. The van der Waals surface area contributed by atoms with Gasteiger partial charge in [-0.25, -0.2) is 9.78 Å². The van der Waals surface area contributed by atoms with Crippen LogP contribution < -0.4 is 16.2 Å². The van der Waals surface area contributed by atoms with Crippen LogP contribution in [0.2, 0.25) is 0 Å². The van der Waals surface area contributed by atoms with Gasteiger partial charge in [0, 0.05) is 54.4 Å². The van der Waals surface area contributed by atoms with Crippen molar-refractivity contribution in [2.75, 3.05) is 66.0 Å². The normalized spacial score (nSPS) is 28.1. The Labute approximate surface area is 416 Å². The zero-order valence-electron chi connectivity index (χ0n) is 40.9. The standard InChI is InChI=1S/C53H70N4O13.CH4/c1-4-53(64)41-27-43-48-32(29-57(43)49(62)38(41)30-70-50(53)63)25-36-37(44(59)9-8-42(36)56-48)28-55-46(60)13-17-65-19-21-67-23-24-68-22-20-66-18-16-54-47(61)31-69-45-10-7-39-35-6-5-33-26-34(58)11-14-51(33,2)40(35)12-15-52(39,45)3;/h8-9,25,27,33,35,39-40,45,59,64H,4-7,10-24,26,28-31H2,1-3H3,(H,54,61)(H,55,60);1H4/t33-,35-,39-,40-,45-,51-,52-,53-;/m0./s1. The minimum atomic E-state index is -1.92. The van der Waals surface area contributed by atoms with Gasteiger partial charge in [-0.05, 0) is 110 Å². The molecule has 0 spiro atoms. The van der Waals surface area contributed by atoms with E-state index in [1.807, 2.05) is 6.07 Å². The van der Waals surface area contributed by atoms with Crippen LogP contribution in [0.15, 0.2) is 29.1 Å². The predicted molar refractivity (Wildman–Crippen MR) is 262 cm³/mol. The number of aromatic nitrogens is 2. The highest BCUT2D eigenvalue weighted by Gasteiger charge is 2.60. The third kappa shape index (κ3) is 10.4. The molecular weight excluding hydrogens is 913 g/mol. The monoisotopic (exact) mass is 987 g/mol. The van der Waals surface area contributed by atoms with E-state index in [2.05, 4.69) is 24.5 Å². The lowest BCUT2D eigenvalue weighted by Gasteiger charge is -2.60. The highest BCUT2D eigenvalue weighted by molar-refractivity contribution is 5.90. The van der Waals surface area contributed by atoms with Crippen LogP contribution in [-0.4, -0.2) is 115 Å². The summed E-state index contributed by atoms with van der Waals surface area (Å²) in [6.45, 7) is 9.77. The second kappa shape index (κ2) is 22.1. The Morgan fingerprint density at radius 3 is 2.32 bits per heavy atom. The van der Waals surface area contributed by atoms with E-state index in [1.54, 1.807) is 23.6 Å². The topological polar surface area (TPSA) is 223 Å². The lowest BCUT2D eigenvalue weighted by molar-refractivity contribution is -0.172. The summed E-state index contributed by atoms with van der Waals surface area (Å²) < 4.78 is 35.4. The molecule has 0 unspecified atom stereocenters. The summed E-state index contributed by atoms with van der Waals surface area (Å²) in [5.41, 5.74) is 1.36. The molecule has 2 amide bonds. The van der Waals surface area contributed by atoms with E-state index in [0.29, 0.717) is 116 Å². The summed E-state index contributed by atoms with van der Waals surface area (Å²) in [5.74, 6) is 1.87. The first-order valence-corrected chi connectivity index (χ1v) is 25.5. The number of ether oxygens (including phenoxy) is 6. The number of amides is 2. The zero-order chi connectivity index (χ0) is 49.2. The summed E-state index contributed by atoms with van der Waals surface area (Å²) in [4.78, 5) is 68.6. The summed E-state index contributed by atoms with van der Waals surface area (Å²) in [6.07, 6.45) is 9.76. The number of aliphatic hydroxyl groups is 1. The van der Waals surface area contributed by atoms with Crippen LogP contribution in [0.5, 0.6) is 5.75 Å². The number of nitrogens with one attached hydrogen (secondary N) is 2. The fourth-order valence-electron chi connectivity index (χ4n) is 13.2. The van der Waals surface area contributed by atoms with Gasteiger partial charge in [0.25, 0.3) is 5.56 Å². The molecule has 388 valence electrons. The SMILES string of the molecule is C.CC[C@@]1(O)C(=O)OCc2c1cc1n(c2=O)Cc2cc3c(CNC(=O)CCOCCOCCOCCOCCNC(=O)CO[C@H]4CC[C@H]5[C@@H]6CC[C@H]7CC(=O)CC[C@]7(C)[C@H]6CC[C@]45C)c(O)ccc3nc2-1. The Bertz CT molecular complexity index is 2530. The van der Waals surface area contributed by atoms with Crippen molar-refractivity contribution >= 4 is 34.5 Å². The molecular formula is C54H74N4O13. The van der Waals surface area contributed by atoms with E-state index >= 15 is 0 Å². The summed E-state index contributed by atoms with van der Waals surface area (Å²) in [5, 5.41) is 28.3. The van der Waals surface area contributed by atoms with Gasteiger partial charge in [0.1, 0.15) is 24.7 Å². The number of carbonyl (C=O) groups is 4. The van der Waals surface area contributed by atoms with Crippen LogP contribution in [0.4, 0.5) is 0 Å². The second-order valence-electron chi connectivity index (χ2n) is 20.9. The van der Waals surface area contributed by atoms with E-state index < -0.39 is 11.6 Å². The molecule has 6 aliphatic rings. The van der Waals surface area contributed by atoms with Gasteiger partial charge in [-0.1, -0.05) is 28.2 Å². The van der Waals surface area contributed by atoms with E-state index in [9.17, 15) is 34.2 Å². The minimum Gasteiger partial charge on any atom is -0.508 e. The van der Waals surface area contributed by atoms with E-state index in [-0.39, 0.29) is 98.9 Å². The molecule has 0 saturated heterocycles. The molecule has 17 heteroatoms. The molecule has 2 aliphatic heterocycles. The van der Waals surface area contributed by atoms with E-state index in [0.717, 1.165) is 37.7 Å². The number of Topliss-reactive ketones (excluding diaryl/α,β-unsaturated/α-hetero) is 1. The summed E-state index contributed by atoms with van der Waals surface area (Å²) >= 11 is 0. The van der Waals surface area contributed by atoms with Crippen molar-refractivity contribution in [1.82, 2.24) is 20.2 Å². The number of nitrogens with zero attached hydrogens (tertiary/aromatic N) is 2. The van der Waals surface area contributed by atoms with Crippen LogP contribution >= 0.6 is 0 Å². The van der Waals surface area contributed by atoms with Crippen LogP contribution in [-0.2, 0) is 72.9 Å². The largest absolute Gasteiger partial charge is 0.508 e. The Balaban J connectivity index is 0.00000676. The Morgan fingerprint density at radius 2 is 1.58 bits per heavy atom. The van der Waals surface area contributed by atoms with Gasteiger partial charge in [-0.2, -0.15) is 0 Å². The number of phenolic OH excluding ortho intramolecular Hbond substituents is 1. The van der Waals surface area contributed by atoms with Crippen molar-refractivity contribution in [3.8, 4) is 17.1 Å². The molecule has 1 aromatic carbocycles. The summed E-state index contributed by atoms with van der Waals surface area (Å²) in [7, 11) is 0. The average Bonchev–Trinajstić information content (AvgIpc) is 3.89. The Hall–Kier alpha value is -4.78. The number of benzene rings is 1. The van der Waals surface area contributed by atoms with Gasteiger partial charge >= 0.3 is 5.97 Å². The van der Waals surface area contributed by atoms with E-state index in [1.165, 1.54) is 31.7 Å². The number of fused-ring (bicyclic) bond motifs is 10. The molecule has 4 N–H and O–H groups in total. The Kier molecular flexibility index (Phi) is 16.4. The first kappa shape index (κ1) is 52.5. The maximum absolute atomic E-state index is 13.5. The minimum absolute atomic E-state index is 0. The summed E-state index contributed by atoms with van der Waals surface area (Å²) in [6, 6.07) is 6.67. The van der Waals surface area contributed by atoms with Gasteiger partial charge in [-0.15, -0.1) is 0 Å². The molecule has 4 saturated carbocycles. The van der Waals surface area contributed by atoms with Gasteiger partial charge in [0.2, 0.25) is 11.8 Å². The molecule has 4 heterocycles. The smallest absolute Gasteiger partial charge is 0.343 e. The third-order valence-corrected chi connectivity index (χ3v) is 17.2.